The first kappa shape index (κ1) is 22.8. The standard InChI is InChI=1S/C22H30N4O5S/c1-14(2)21(27)24-15-3-4-17-18(12-23-19(17)11-15)20(22(28)29)26-8-6-25(7-9-26)16-5-10-32(30,31)13-16/h3-4,11-12,14,16,20,23H,5-10,13H2,1-2H3,(H,24,27)(H,28,29). The fourth-order valence-electron chi connectivity index (χ4n) is 4.65. The summed E-state index contributed by atoms with van der Waals surface area (Å²) >= 11 is 0. The molecule has 0 aliphatic carbocycles. The quantitative estimate of drug-likeness (QED) is 0.597. The Hall–Kier alpha value is -2.43. The average molecular weight is 463 g/mol. The minimum absolute atomic E-state index is 0.0398. The van der Waals surface area contributed by atoms with Gasteiger partial charge in [-0.15, -0.1) is 0 Å². The van der Waals surface area contributed by atoms with Crippen molar-refractivity contribution in [2.24, 2.45) is 5.92 Å². The zero-order valence-corrected chi connectivity index (χ0v) is 19.2. The highest BCUT2D eigenvalue weighted by atomic mass is 32.2. The van der Waals surface area contributed by atoms with Crippen molar-refractivity contribution in [3.63, 3.8) is 0 Å². The SMILES string of the molecule is CC(C)C(=O)Nc1ccc2c(C(C(=O)O)N3CCN(C4CCS(=O)(=O)C4)CC3)c[nH]c2c1. The molecule has 1 aromatic heterocycles. The number of aliphatic carboxylic acids is 1. The van der Waals surface area contributed by atoms with Crippen LogP contribution in [0.5, 0.6) is 0 Å². The third-order valence-corrected chi connectivity index (χ3v) is 8.22. The Morgan fingerprint density at radius 3 is 2.50 bits per heavy atom. The molecule has 1 amide bonds. The molecule has 0 bridgehead atoms. The van der Waals surface area contributed by atoms with Gasteiger partial charge in [0.05, 0.1) is 11.5 Å². The number of hydrogen-bond donors (Lipinski definition) is 3. The van der Waals surface area contributed by atoms with Crippen LogP contribution in [-0.2, 0) is 19.4 Å². The number of carbonyl (C=O) groups is 2. The van der Waals surface area contributed by atoms with Gasteiger partial charge in [-0.25, -0.2) is 8.42 Å². The first-order valence-corrected chi connectivity index (χ1v) is 12.8. The molecule has 32 heavy (non-hydrogen) atoms. The maximum absolute atomic E-state index is 12.2. The summed E-state index contributed by atoms with van der Waals surface area (Å²) in [5, 5.41) is 13.7. The van der Waals surface area contributed by atoms with Gasteiger partial charge >= 0.3 is 5.97 Å². The van der Waals surface area contributed by atoms with E-state index in [2.05, 4.69) is 15.2 Å². The number of aromatic amines is 1. The zero-order chi connectivity index (χ0) is 23.0. The van der Waals surface area contributed by atoms with Crippen LogP contribution in [0.15, 0.2) is 24.4 Å². The molecular weight excluding hydrogens is 432 g/mol. The molecule has 174 valence electrons. The molecule has 2 aliphatic heterocycles. The maximum atomic E-state index is 12.2. The first-order valence-electron chi connectivity index (χ1n) is 11.0. The summed E-state index contributed by atoms with van der Waals surface area (Å²) in [6.45, 7) is 6.06. The number of amides is 1. The highest BCUT2D eigenvalue weighted by Crippen LogP contribution is 2.31. The molecule has 2 aromatic rings. The molecule has 2 unspecified atom stereocenters. The van der Waals surface area contributed by atoms with Crippen LogP contribution in [0.2, 0.25) is 0 Å². The number of nitrogens with zero attached hydrogens (tertiary/aromatic N) is 2. The maximum Gasteiger partial charge on any atom is 0.325 e. The Balaban J connectivity index is 1.49. The second-order valence-electron chi connectivity index (χ2n) is 9.02. The van der Waals surface area contributed by atoms with Gasteiger partial charge in [0.1, 0.15) is 6.04 Å². The first-order chi connectivity index (χ1) is 15.1. The van der Waals surface area contributed by atoms with Crippen molar-refractivity contribution >= 4 is 38.3 Å². The van der Waals surface area contributed by atoms with Crippen molar-refractivity contribution in [2.75, 3.05) is 43.0 Å². The second-order valence-corrected chi connectivity index (χ2v) is 11.2. The van der Waals surface area contributed by atoms with E-state index in [0.717, 1.165) is 10.9 Å². The van der Waals surface area contributed by atoms with Crippen LogP contribution in [0.3, 0.4) is 0 Å². The normalized spacial score (nSPS) is 22.9. The molecule has 3 N–H and O–H groups in total. The summed E-state index contributed by atoms with van der Waals surface area (Å²) in [6.07, 6.45) is 2.39. The fourth-order valence-corrected chi connectivity index (χ4v) is 6.41. The molecule has 2 aliphatic rings. The van der Waals surface area contributed by atoms with Crippen LogP contribution in [0, 0.1) is 5.92 Å². The van der Waals surface area contributed by atoms with Crippen LogP contribution < -0.4 is 5.32 Å². The lowest BCUT2D eigenvalue weighted by atomic mass is 10.0. The Kier molecular flexibility index (Phi) is 6.28. The third kappa shape index (κ3) is 4.67. The van der Waals surface area contributed by atoms with Crippen LogP contribution in [0.1, 0.15) is 31.9 Å². The summed E-state index contributed by atoms with van der Waals surface area (Å²) in [6, 6.07) is 4.69. The van der Waals surface area contributed by atoms with Crippen molar-refractivity contribution in [1.29, 1.82) is 0 Å². The molecule has 2 fully saturated rings. The number of aromatic nitrogens is 1. The Morgan fingerprint density at radius 1 is 1.19 bits per heavy atom. The number of carboxylic acids is 1. The molecule has 2 atom stereocenters. The van der Waals surface area contributed by atoms with Gasteiger partial charge in [0, 0.05) is 66.5 Å². The molecule has 2 saturated heterocycles. The molecule has 1 aromatic carbocycles. The smallest absolute Gasteiger partial charge is 0.325 e. The van der Waals surface area contributed by atoms with Gasteiger partial charge in [-0.2, -0.15) is 0 Å². The summed E-state index contributed by atoms with van der Waals surface area (Å²) in [5.74, 6) is -0.685. The number of anilines is 1. The lowest BCUT2D eigenvalue weighted by Crippen LogP contribution is -2.52. The molecule has 0 spiro atoms. The van der Waals surface area contributed by atoms with E-state index in [9.17, 15) is 23.1 Å². The van der Waals surface area contributed by atoms with Gasteiger partial charge in [-0.05, 0) is 18.6 Å². The molecule has 3 heterocycles. The zero-order valence-electron chi connectivity index (χ0n) is 18.4. The molecule has 10 heteroatoms. The Morgan fingerprint density at radius 2 is 1.91 bits per heavy atom. The predicted octanol–water partition coefficient (Wildman–Crippen LogP) is 1.69. The highest BCUT2D eigenvalue weighted by molar-refractivity contribution is 7.91. The number of piperazine rings is 1. The number of carbonyl (C=O) groups excluding carboxylic acids is 1. The van der Waals surface area contributed by atoms with Gasteiger partial charge < -0.3 is 15.4 Å². The summed E-state index contributed by atoms with van der Waals surface area (Å²) in [7, 11) is -2.94. The third-order valence-electron chi connectivity index (χ3n) is 6.47. The van der Waals surface area contributed by atoms with Gasteiger partial charge in [0.15, 0.2) is 9.84 Å². The number of carboxylic acid groups (broad SMARTS) is 1. The lowest BCUT2D eigenvalue weighted by Gasteiger charge is -2.39. The van der Waals surface area contributed by atoms with E-state index >= 15 is 0 Å². The second kappa shape index (κ2) is 8.84. The largest absolute Gasteiger partial charge is 0.480 e. The summed E-state index contributed by atoms with van der Waals surface area (Å²) in [5.41, 5.74) is 2.12. The van der Waals surface area contributed by atoms with E-state index < -0.39 is 21.8 Å². The Bertz CT molecular complexity index is 1120. The fraction of sp³-hybridized carbons (Fsp3) is 0.545. The lowest BCUT2D eigenvalue weighted by molar-refractivity contribution is -0.144. The Labute approximate surface area is 187 Å². The van der Waals surface area contributed by atoms with E-state index in [1.165, 1.54) is 0 Å². The number of fused-ring (bicyclic) bond motifs is 1. The minimum atomic E-state index is -2.94. The van der Waals surface area contributed by atoms with Gasteiger partial charge in [-0.3, -0.25) is 19.4 Å². The summed E-state index contributed by atoms with van der Waals surface area (Å²) < 4.78 is 23.6. The van der Waals surface area contributed by atoms with Crippen LogP contribution in [0.4, 0.5) is 5.69 Å². The molecule has 9 nitrogen and oxygen atoms in total. The highest BCUT2D eigenvalue weighted by Gasteiger charge is 2.37. The number of benzene rings is 1. The van der Waals surface area contributed by atoms with Crippen molar-refractivity contribution in [2.45, 2.75) is 32.4 Å². The number of H-pyrrole nitrogens is 1. The van der Waals surface area contributed by atoms with Gasteiger partial charge in [-0.1, -0.05) is 19.9 Å². The summed E-state index contributed by atoms with van der Waals surface area (Å²) in [4.78, 5) is 31.5. The van der Waals surface area contributed by atoms with Gasteiger partial charge in [0.25, 0.3) is 0 Å². The minimum Gasteiger partial charge on any atom is -0.480 e. The molecule has 0 saturated carbocycles. The van der Waals surface area contributed by atoms with E-state index in [4.69, 9.17) is 0 Å². The van der Waals surface area contributed by atoms with Crippen LogP contribution in [0.25, 0.3) is 10.9 Å². The molecule has 0 radical (unpaired) electrons. The molecule has 4 rings (SSSR count). The molecular formula is C22H30N4O5S. The topological polar surface area (TPSA) is 123 Å². The number of nitrogens with one attached hydrogen (secondary N) is 2. The number of rotatable bonds is 6. The van der Waals surface area contributed by atoms with E-state index in [1.807, 2.05) is 30.9 Å². The van der Waals surface area contributed by atoms with Gasteiger partial charge in [0.2, 0.25) is 5.91 Å². The average Bonchev–Trinajstić information content (AvgIpc) is 3.31. The predicted molar refractivity (Wildman–Crippen MR) is 122 cm³/mol. The monoisotopic (exact) mass is 462 g/mol. The van der Waals surface area contributed by atoms with E-state index in [-0.39, 0.29) is 29.4 Å². The number of sulfone groups is 1. The van der Waals surface area contributed by atoms with Crippen LogP contribution >= 0.6 is 0 Å². The van der Waals surface area contributed by atoms with Crippen molar-refractivity contribution in [1.82, 2.24) is 14.8 Å². The van der Waals surface area contributed by atoms with E-state index in [0.29, 0.717) is 43.9 Å². The van der Waals surface area contributed by atoms with Crippen molar-refractivity contribution in [3.8, 4) is 0 Å². The number of hydrogen-bond acceptors (Lipinski definition) is 6. The van der Waals surface area contributed by atoms with Crippen LogP contribution in [-0.4, -0.2) is 83.9 Å². The van der Waals surface area contributed by atoms with E-state index in [1.54, 1.807) is 12.3 Å². The van der Waals surface area contributed by atoms with Crippen molar-refractivity contribution < 1.29 is 23.1 Å². The van der Waals surface area contributed by atoms with Crippen molar-refractivity contribution in [3.05, 3.63) is 30.0 Å².